The van der Waals surface area contributed by atoms with E-state index in [1.807, 2.05) is 66.4 Å². The molecule has 3 aliphatic carbocycles. The second kappa shape index (κ2) is 17.5. The Morgan fingerprint density at radius 1 is 0.762 bits per heavy atom. The molecule has 4 aromatic rings. The molecule has 63 heavy (non-hydrogen) atoms. The minimum absolute atomic E-state index is 0.0214. The third kappa shape index (κ3) is 8.20. The van der Waals surface area contributed by atoms with Gasteiger partial charge in [0.05, 0.1) is 37.2 Å². The van der Waals surface area contributed by atoms with Gasteiger partial charge in [-0.2, -0.15) is 0 Å². The predicted molar refractivity (Wildman–Crippen MR) is 235 cm³/mol. The number of aromatic amines is 2. The molecule has 0 spiro atoms. The second-order valence-corrected chi connectivity index (χ2v) is 18.9. The number of fused-ring (bicyclic) bond motifs is 3. The van der Waals surface area contributed by atoms with Crippen molar-refractivity contribution in [3.8, 4) is 11.3 Å². The number of rotatable bonds is 11. The number of hydrogen-bond acceptors (Lipinski definition) is 8. The normalized spacial score (nSPS) is 26.6. The van der Waals surface area contributed by atoms with Gasteiger partial charge in [-0.15, -0.1) is 0 Å². The van der Waals surface area contributed by atoms with Crippen LogP contribution in [0, 0.1) is 5.92 Å². The zero-order chi connectivity index (χ0) is 43.9. The molecule has 3 saturated carbocycles. The number of nitrogens with zero attached hydrogens (tertiary/aromatic N) is 5. The number of methoxy groups -OCH3 is 1. The lowest BCUT2D eigenvalue weighted by Crippen LogP contribution is -2.51. The standard InChI is InChI=1S/C48H61N9O6/c1-30(2)39(54-46(62)63-3)43(59)56-24-7-11-36(56)41-49-27-35(51-41)31-13-15-33(16-14-31)47-18-21-48(22-19-47,23-20-47)38-28-50-42(52-38)37-12-8-25-57(37)44(60)40(32-9-5-4-6-10-32)53-45(61)55-26-17-34(58)29-55/h4-6,9-10,13-16,27-28,30,34,36-37,39-40,58H,7-8,11-12,17-26,29H2,1-3H3,(H,49,51)(H,50,52)(H,53,61)(H,54,62). The maximum atomic E-state index is 14.4. The van der Waals surface area contributed by atoms with Crippen LogP contribution in [0.3, 0.4) is 0 Å². The Labute approximate surface area is 368 Å². The van der Waals surface area contributed by atoms with Gasteiger partial charge in [0.2, 0.25) is 11.8 Å². The average Bonchev–Trinajstić information content (AvgIpc) is 4.18. The van der Waals surface area contributed by atoms with Crippen LogP contribution in [0.15, 0.2) is 67.0 Å². The van der Waals surface area contributed by atoms with Crippen molar-refractivity contribution in [1.29, 1.82) is 0 Å². The Kier molecular flexibility index (Phi) is 11.8. The average molecular weight is 860 g/mol. The first kappa shape index (κ1) is 42.6. The van der Waals surface area contributed by atoms with Crippen LogP contribution < -0.4 is 10.6 Å². The molecule has 6 aliphatic rings. The van der Waals surface area contributed by atoms with E-state index in [9.17, 15) is 24.3 Å². The van der Waals surface area contributed by atoms with Crippen LogP contribution in [-0.4, -0.2) is 109 Å². The molecule has 2 bridgehead atoms. The molecular weight excluding hydrogens is 799 g/mol. The van der Waals surface area contributed by atoms with E-state index >= 15 is 0 Å². The van der Waals surface area contributed by atoms with Crippen molar-refractivity contribution in [2.75, 3.05) is 33.3 Å². The van der Waals surface area contributed by atoms with Crippen LogP contribution in [0.4, 0.5) is 9.59 Å². The number of aliphatic hydroxyl groups excluding tert-OH is 1. The van der Waals surface area contributed by atoms with Crippen LogP contribution in [0.1, 0.15) is 131 Å². The smallest absolute Gasteiger partial charge is 0.407 e. The molecule has 5 unspecified atom stereocenters. The highest BCUT2D eigenvalue weighted by atomic mass is 16.5. The summed E-state index contributed by atoms with van der Waals surface area (Å²) in [4.78, 5) is 75.6. The van der Waals surface area contributed by atoms with Gasteiger partial charge in [-0.25, -0.2) is 19.6 Å². The predicted octanol–water partition coefficient (Wildman–Crippen LogP) is 6.57. The molecule has 5 heterocycles. The van der Waals surface area contributed by atoms with Gasteiger partial charge in [0.15, 0.2) is 0 Å². The molecule has 3 saturated heterocycles. The number of aliphatic hydroxyl groups is 1. The fourth-order valence-electron chi connectivity index (χ4n) is 11.2. The van der Waals surface area contributed by atoms with Gasteiger partial charge < -0.3 is 45.1 Å². The summed E-state index contributed by atoms with van der Waals surface area (Å²) in [6.07, 6.45) is 13.0. The lowest BCUT2D eigenvalue weighted by Gasteiger charge is -2.53. The quantitative estimate of drug-likeness (QED) is 0.112. The van der Waals surface area contributed by atoms with Crippen molar-refractivity contribution >= 4 is 23.9 Å². The van der Waals surface area contributed by atoms with Gasteiger partial charge in [0.25, 0.3) is 0 Å². The summed E-state index contributed by atoms with van der Waals surface area (Å²) in [6, 6.07) is 16.1. The summed E-state index contributed by atoms with van der Waals surface area (Å²) in [5.41, 5.74) is 5.37. The van der Waals surface area contributed by atoms with Crippen molar-refractivity contribution in [2.45, 2.75) is 126 Å². The Morgan fingerprint density at radius 2 is 1.38 bits per heavy atom. The van der Waals surface area contributed by atoms with E-state index in [0.29, 0.717) is 26.1 Å². The van der Waals surface area contributed by atoms with E-state index in [4.69, 9.17) is 14.7 Å². The summed E-state index contributed by atoms with van der Waals surface area (Å²) in [7, 11) is 1.30. The third-order valence-electron chi connectivity index (χ3n) is 15.0. The molecule has 334 valence electrons. The van der Waals surface area contributed by atoms with Crippen molar-refractivity contribution in [3.05, 3.63) is 95.5 Å². The first-order valence-electron chi connectivity index (χ1n) is 22.9. The van der Waals surface area contributed by atoms with Crippen LogP contribution in [0.25, 0.3) is 11.3 Å². The number of aromatic nitrogens is 4. The van der Waals surface area contributed by atoms with Crippen LogP contribution >= 0.6 is 0 Å². The summed E-state index contributed by atoms with van der Waals surface area (Å²) in [5.74, 6) is 1.20. The maximum Gasteiger partial charge on any atom is 0.407 e. The van der Waals surface area contributed by atoms with Gasteiger partial charge in [-0.05, 0) is 98.7 Å². The van der Waals surface area contributed by atoms with Gasteiger partial charge in [0, 0.05) is 43.5 Å². The molecule has 0 radical (unpaired) electrons. The first-order chi connectivity index (χ1) is 30.5. The van der Waals surface area contributed by atoms with E-state index in [-0.39, 0.29) is 53.2 Å². The minimum atomic E-state index is -0.845. The Bertz CT molecular complexity index is 2270. The number of nitrogens with one attached hydrogen (secondary N) is 4. The number of carbonyl (C=O) groups excluding carboxylic acids is 4. The number of H-pyrrole nitrogens is 2. The number of likely N-dealkylation sites (tertiary alicyclic amines) is 3. The SMILES string of the molecule is COC(=O)NC(C(=O)N1CCCC1c1ncc(-c2ccc(C34CCC(c5cnc(C6CCCN6C(=O)C(NC(=O)N6CCC(O)C6)c6ccccc6)[nH]5)(CC3)CC4)cc2)[nH]1)C(C)C. The molecule has 5 atom stereocenters. The van der Waals surface area contributed by atoms with Crippen molar-refractivity contribution < 1.29 is 29.0 Å². The highest BCUT2D eigenvalue weighted by Crippen LogP contribution is 2.58. The summed E-state index contributed by atoms with van der Waals surface area (Å²) < 4.78 is 4.79. The highest BCUT2D eigenvalue weighted by molar-refractivity contribution is 5.89. The minimum Gasteiger partial charge on any atom is -0.453 e. The number of urea groups is 1. The van der Waals surface area contributed by atoms with Crippen LogP contribution in [0.2, 0.25) is 0 Å². The maximum absolute atomic E-state index is 14.4. The summed E-state index contributed by atoms with van der Waals surface area (Å²) in [5, 5.41) is 15.8. The monoisotopic (exact) mass is 859 g/mol. The number of β-amino-alcohol motifs (C(OH)–C–C–N with tert-alkyl or cyclic N) is 1. The lowest BCUT2D eigenvalue weighted by molar-refractivity contribution is -0.135. The molecule has 15 heteroatoms. The van der Waals surface area contributed by atoms with E-state index in [2.05, 4.69) is 44.9 Å². The number of benzene rings is 2. The zero-order valence-electron chi connectivity index (χ0n) is 36.6. The Hall–Kier alpha value is -5.70. The molecular formula is C48H61N9O6. The Balaban J connectivity index is 0.845. The topological polar surface area (TPSA) is 189 Å². The van der Waals surface area contributed by atoms with Crippen molar-refractivity contribution in [2.24, 2.45) is 5.92 Å². The number of amides is 5. The Morgan fingerprint density at radius 3 is 2.00 bits per heavy atom. The van der Waals surface area contributed by atoms with Crippen molar-refractivity contribution in [3.63, 3.8) is 0 Å². The molecule has 3 aliphatic heterocycles. The highest BCUT2D eigenvalue weighted by Gasteiger charge is 2.51. The number of alkyl carbamates (subject to hydrolysis) is 1. The third-order valence-corrected chi connectivity index (χ3v) is 15.0. The van der Waals surface area contributed by atoms with E-state index < -0.39 is 24.3 Å². The van der Waals surface area contributed by atoms with Gasteiger partial charge >= 0.3 is 12.1 Å². The van der Waals surface area contributed by atoms with Crippen LogP contribution in [-0.2, 0) is 25.2 Å². The summed E-state index contributed by atoms with van der Waals surface area (Å²) >= 11 is 0. The fourth-order valence-corrected chi connectivity index (χ4v) is 11.2. The van der Waals surface area contributed by atoms with E-state index in [0.717, 1.165) is 98.4 Å². The molecule has 2 aromatic carbocycles. The van der Waals surface area contributed by atoms with E-state index in [1.165, 1.54) is 12.7 Å². The van der Waals surface area contributed by atoms with Gasteiger partial charge in [-0.3, -0.25) is 9.59 Å². The largest absolute Gasteiger partial charge is 0.453 e. The first-order valence-corrected chi connectivity index (χ1v) is 22.9. The lowest BCUT2D eigenvalue weighted by atomic mass is 9.51. The molecule has 5 amide bonds. The van der Waals surface area contributed by atoms with Gasteiger partial charge in [-0.1, -0.05) is 68.4 Å². The van der Waals surface area contributed by atoms with Crippen LogP contribution in [0.5, 0.6) is 0 Å². The van der Waals surface area contributed by atoms with Crippen molar-refractivity contribution in [1.82, 2.24) is 45.3 Å². The molecule has 5 N–H and O–H groups in total. The number of ether oxygens (including phenoxy) is 1. The second-order valence-electron chi connectivity index (χ2n) is 18.9. The molecule has 15 nitrogen and oxygen atoms in total. The fraction of sp³-hybridized carbons (Fsp3) is 0.542. The molecule has 10 rings (SSSR count). The molecule has 2 aromatic heterocycles. The summed E-state index contributed by atoms with van der Waals surface area (Å²) in [6.45, 7) is 5.74. The molecule has 6 fully saturated rings. The van der Waals surface area contributed by atoms with E-state index in [1.54, 1.807) is 4.90 Å². The zero-order valence-corrected chi connectivity index (χ0v) is 36.6. The number of imidazole rings is 2. The number of carbonyl (C=O) groups is 4. The van der Waals surface area contributed by atoms with Gasteiger partial charge in [0.1, 0.15) is 23.7 Å². The number of hydrogen-bond donors (Lipinski definition) is 5.